The van der Waals surface area contributed by atoms with Crippen molar-refractivity contribution in [1.82, 2.24) is 9.88 Å². The predicted molar refractivity (Wildman–Crippen MR) is 233 cm³/mol. The smallest absolute Gasteiger partial charge is 0.159 e. The van der Waals surface area contributed by atoms with Gasteiger partial charge in [-0.25, -0.2) is 9.98 Å². The van der Waals surface area contributed by atoms with Gasteiger partial charge in [-0.15, -0.1) is 0 Å². The molecule has 4 heterocycles. The van der Waals surface area contributed by atoms with E-state index in [1.807, 2.05) is 60.7 Å². The van der Waals surface area contributed by atoms with E-state index in [0.29, 0.717) is 5.84 Å². The summed E-state index contributed by atoms with van der Waals surface area (Å²) in [6.07, 6.45) is -0.357. The number of para-hydroxylation sites is 2. The summed E-state index contributed by atoms with van der Waals surface area (Å²) in [7, 11) is 0. The maximum atomic E-state index is 6.68. The van der Waals surface area contributed by atoms with Gasteiger partial charge in [0.1, 0.15) is 34.3 Å². The highest BCUT2D eigenvalue weighted by Crippen LogP contribution is 2.41. The predicted octanol–water partition coefficient (Wildman–Crippen LogP) is 12.7. The first-order valence-electron chi connectivity index (χ1n) is 19.2. The highest BCUT2D eigenvalue weighted by molar-refractivity contribution is 6.16. The quantitative estimate of drug-likeness (QED) is 0.192. The van der Waals surface area contributed by atoms with Crippen molar-refractivity contribution in [3.8, 4) is 16.8 Å². The number of nitrogens with zero attached hydrogens (tertiary/aromatic N) is 3. The Labute approximate surface area is 326 Å². The van der Waals surface area contributed by atoms with Crippen LogP contribution in [0.5, 0.6) is 0 Å². The molecule has 57 heavy (non-hydrogen) atoms. The summed E-state index contributed by atoms with van der Waals surface area (Å²) in [4.78, 5) is 10.1. The van der Waals surface area contributed by atoms with Crippen molar-refractivity contribution in [1.29, 1.82) is 0 Å². The fraction of sp³-hybridized carbons (Fsp3) is 0.0196. The lowest BCUT2D eigenvalue weighted by Gasteiger charge is -2.23. The van der Waals surface area contributed by atoms with Crippen LogP contribution in [0.4, 0.5) is 0 Å². The maximum Gasteiger partial charge on any atom is 0.159 e. The van der Waals surface area contributed by atoms with Crippen LogP contribution in [0.2, 0.25) is 0 Å². The molecular formula is C51H32N4O2. The van der Waals surface area contributed by atoms with Crippen molar-refractivity contribution in [2.75, 3.05) is 0 Å². The van der Waals surface area contributed by atoms with Gasteiger partial charge in [0.25, 0.3) is 0 Å². The average molecular weight is 733 g/mol. The van der Waals surface area contributed by atoms with Crippen LogP contribution in [0.1, 0.15) is 22.9 Å². The lowest BCUT2D eigenvalue weighted by Crippen LogP contribution is -2.33. The number of benzene rings is 8. The fourth-order valence-electron chi connectivity index (χ4n) is 8.58. The van der Waals surface area contributed by atoms with Crippen LogP contribution in [0.15, 0.2) is 201 Å². The summed E-state index contributed by atoms with van der Waals surface area (Å²) in [5.41, 5.74) is 12.1. The molecule has 6 heteroatoms. The third kappa shape index (κ3) is 5.04. The minimum Gasteiger partial charge on any atom is -0.456 e. The molecule has 1 N–H and O–H groups in total. The van der Waals surface area contributed by atoms with Crippen LogP contribution in [0.3, 0.4) is 0 Å². The highest BCUT2D eigenvalue weighted by atomic mass is 16.3. The topological polar surface area (TPSA) is 68.0 Å². The summed E-state index contributed by atoms with van der Waals surface area (Å²) in [6.45, 7) is 0. The van der Waals surface area contributed by atoms with Crippen molar-refractivity contribution < 1.29 is 8.83 Å². The Kier molecular flexibility index (Phi) is 6.89. The zero-order valence-corrected chi connectivity index (χ0v) is 30.6. The second-order valence-electron chi connectivity index (χ2n) is 14.6. The van der Waals surface area contributed by atoms with Crippen LogP contribution in [0.25, 0.3) is 82.5 Å². The Morgan fingerprint density at radius 3 is 1.96 bits per heavy atom. The molecule has 12 rings (SSSR count). The number of nitrogens with one attached hydrogen (secondary N) is 1. The van der Waals surface area contributed by atoms with Gasteiger partial charge >= 0.3 is 0 Å². The van der Waals surface area contributed by atoms with Gasteiger partial charge in [-0.1, -0.05) is 121 Å². The lowest BCUT2D eigenvalue weighted by atomic mass is 10.0. The third-order valence-electron chi connectivity index (χ3n) is 11.3. The lowest BCUT2D eigenvalue weighted by molar-refractivity contribution is 0.655. The molecule has 0 saturated heterocycles. The van der Waals surface area contributed by atoms with Crippen molar-refractivity contribution in [2.45, 2.75) is 6.17 Å². The summed E-state index contributed by atoms with van der Waals surface area (Å²) >= 11 is 0. The molecule has 1 atom stereocenters. The van der Waals surface area contributed by atoms with Crippen LogP contribution < -0.4 is 5.32 Å². The second kappa shape index (κ2) is 12.4. The van der Waals surface area contributed by atoms with Gasteiger partial charge in [0, 0.05) is 43.6 Å². The van der Waals surface area contributed by atoms with Gasteiger partial charge in [-0.3, -0.25) is 0 Å². The minimum absolute atomic E-state index is 0.357. The molecule has 1 unspecified atom stereocenters. The van der Waals surface area contributed by atoms with E-state index >= 15 is 0 Å². The van der Waals surface area contributed by atoms with E-state index in [-0.39, 0.29) is 6.17 Å². The van der Waals surface area contributed by atoms with Crippen molar-refractivity contribution in [3.63, 3.8) is 0 Å². The Morgan fingerprint density at radius 2 is 1.11 bits per heavy atom. The number of hydrogen-bond donors (Lipinski definition) is 1. The molecule has 3 aromatic heterocycles. The molecule has 0 amide bonds. The SMILES string of the molecule is c1ccc(C2=NC(c3ccc4c(c3)oc3cccc(-n5c6ccccc6c6cc(-c7ccc8oc9ccccc9c8c7)ccc65)c34)NC(c3ccccc3)=N2)cc1. The summed E-state index contributed by atoms with van der Waals surface area (Å²) < 4.78 is 15.2. The van der Waals surface area contributed by atoms with E-state index in [4.69, 9.17) is 18.8 Å². The van der Waals surface area contributed by atoms with E-state index in [1.165, 1.54) is 10.8 Å². The van der Waals surface area contributed by atoms with Crippen LogP contribution >= 0.6 is 0 Å². The maximum absolute atomic E-state index is 6.68. The Bertz CT molecular complexity index is 3440. The van der Waals surface area contributed by atoms with Crippen molar-refractivity contribution in [3.05, 3.63) is 199 Å². The van der Waals surface area contributed by atoms with E-state index < -0.39 is 0 Å². The molecular weight excluding hydrogens is 701 g/mol. The van der Waals surface area contributed by atoms with Gasteiger partial charge in [-0.05, 0) is 71.8 Å². The largest absolute Gasteiger partial charge is 0.456 e. The number of amidine groups is 2. The number of rotatable bonds is 5. The summed E-state index contributed by atoms with van der Waals surface area (Å²) in [5.74, 6) is 1.47. The number of fused-ring (bicyclic) bond motifs is 9. The molecule has 0 aliphatic carbocycles. The number of aliphatic imine (C=N–C) groups is 2. The Morgan fingerprint density at radius 1 is 0.439 bits per heavy atom. The van der Waals surface area contributed by atoms with Gasteiger partial charge in [0.2, 0.25) is 0 Å². The van der Waals surface area contributed by atoms with Gasteiger partial charge in [0.15, 0.2) is 5.84 Å². The Hall–Kier alpha value is -7.70. The monoisotopic (exact) mass is 732 g/mol. The van der Waals surface area contributed by atoms with Gasteiger partial charge in [-0.2, -0.15) is 0 Å². The molecule has 6 nitrogen and oxygen atoms in total. The summed E-state index contributed by atoms with van der Waals surface area (Å²) in [6, 6.07) is 63.4. The zero-order valence-electron chi connectivity index (χ0n) is 30.6. The molecule has 0 radical (unpaired) electrons. The van der Waals surface area contributed by atoms with Crippen LogP contribution in [-0.2, 0) is 0 Å². The van der Waals surface area contributed by atoms with Crippen LogP contribution in [0, 0.1) is 0 Å². The van der Waals surface area contributed by atoms with Gasteiger partial charge in [0.05, 0.1) is 22.1 Å². The minimum atomic E-state index is -0.357. The highest BCUT2D eigenvalue weighted by Gasteiger charge is 2.23. The third-order valence-corrected chi connectivity index (χ3v) is 11.3. The molecule has 0 bridgehead atoms. The van der Waals surface area contributed by atoms with E-state index in [9.17, 15) is 0 Å². The number of aromatic nitrogens is 1. The molecule has 268 valence electrons. The summed E-state index contributed by atoms with van der Waals surface area (Å²) in [5, 5.41) is 10.4. The first-order chi connectivity index (χ1) is 28.2. The normalized spacial score (nSPS) is 14.5. The zero-order chi connectivity index (χ0) is 37.5. The molecule has 1 aliphatic rings. The average Bonchev–Trinajstić information content (AvgIpc) is 3.95. The first-order valence-corrected chi connectivity index (χ1v) is 19.2. The van der Waals surface area contributed by atoms with Crippen LogP contribution in [-0.4, -0.2) is 16.2 Å². The molecule has 1 aliphatic heterocycles. The van der Waals surface area contributed by atoms with E-state index in [1.54, 1.807) is 0 Å². The Balaban J connectivity index is 0.985. The fourth-order valence-corrected chi connectivity index (χ4v) is 8.58. The van der Waals surface area contributed by atoms with E-state index in [2.05, 4.69) is 131 Å². The first kappa shape index (κ1) is 31.6. The molecule has 11 aromatic rings. The number of furan rings is 2. The standard InChI is InChI=1S/C51H32N4O2/c1-3-12-31(13-4-1)49-52-50(32-14-5-2-6-15-32)54-51(53-49)35-22-25-38-47(30-35)57-46-21-11-19-43(48(38)46)55-41-18-9-7-16-36(41)39-28-33(23-26-42(39)55)34-24-27-45-40(29-34)37-17-8-10-20-44(37)56-45/h1-30,51H,(H,52,53,54). The molecule has 0 fully saturated rings. The van der Waals surface area contributed by atoms with Crippen molar-refractivity contribution in [2.24, 2.45) is 9.98 Å². The molecule has 0 spiro atoms. The molecule has 0 saturated carbocycles. The van der Waals surface area contributed by atoms with E-state index in [0.717, 1.165) is 94.3 Å². The molecule has 8 aromatic carbocycles. The second-order valence-corrected chi connectivity index (χ2v) is 14.6. The van der Waals surface area contributed by atoms with Gasteiger partial charge < -0.3 is 18.7 Å². The van der Waals surface area contributed by atoms with Crippen molar-refractivity contribution >= 4 is 77.4 Å². The number of hydrogen-bond acceptors (Lipinski definition) is 5.